The van der Waals surface area contributed by atoms with E-state index in [2.05, 4.69) is 16.0 Å². The molecule has 2 aromatic rings. The van der Waals surface area contributed by atoms with E-state index in [4.69, 9.17) is 10.00 Å². The van der Waals surface area contributed by atoms with Gasteiger partial charge in [0.2, 0.25) is 0 Å². The molecule has 16 heavy (non-hydrogen) atoms. The molecular weight excluding hydrogens is 202 g/mol. The minimum atomic E-state index is 0.569. The molecule has 4 heteroatoms. The number of aromatic amines is 1. The van der Waals surface area contributed by atoms with Gasteiger partial charge in [0.05, 0.1) is 18.2 Å². The first-order valence-electron chi connectivity index (χ1n) is 5.00. The van der Waals surface area contributed by atoms with Crippen molar-refractivity contribution in [3.8, 4) is 11.8 Å². The average Bonchev–Trinajstić information content (AvgIpc) is 2.83. The summed E-state index contributed by atoms with van der Waals surface area (Å²) in [5.74, 6) is 1.68. The first-order chi connectivity index (χ1) is 7.88. The second kappa shape index (κ2) is 4.99. The third-order valence-electron chi connectivity index (χ3n) is 2.15. The Morgan fingerprint density at radius 3 is 2.75 bits per heavy atom. The third kappa shape index (κ3) is 2.61. The van der Waals surface area contributed by atoms with Gasteiger partial charge in [-0.3, -0.25) is 0 Å². The average molecular weight is 213 g/mol. The molecule has 1 aromatic carbocycles. The summed E-state index contributed by atoms with van der Waals surface area (Å²) in [7, 11) is 0. The van der Waals surface area contributed by atoms with Crippen molar-refractivity contribution < 1.29 is 4.74 Å². The van der Waals surface area contributed by atoms with Crippen LogP contribution in [-0.2, 0) is 6.42 Å². The van der Waals surface area contributed by atoms with Gasteiger partial charge in [-0.1, -0.05) is 0 Å². The van der Waals surface area contributed by atoms with Crippen molar-refractivity contribution in [2.24, 2.45) is 0 Å². The molecule has 80 valence electrons. The fraction of sp³-hybridized carbons (Fsp3) is 0.167. The highest BCUT2D eigenvalue weighted by atomic mass is 16.5. The van der Waals surface area contributed by atoms with Crippen LogP contribution < -0.4 is 4.74 Å². The minimum Gasteiger partial charge on any atom is -0.493 e. The van der Waals surface area contributed by atoms with Crippen molar-refractivity contribution in [2.75, 3.05) is 6.61 Å². The lowest BCUT2D eigenvalue weighted by Gasteiger charge is -2.04. The number of hydrogen-bond acceptors (Lipinski definition) is 3. The van der Waals surface area contributed by atoms with Gasteiger partial charge in [-0.15, -0.1) is 0 Å². The Morgan fingerprint density at radius 2 is 2.12 bits per heavy atom. The van der Waals surface area contributed by atoms with Gasteiger partial charge in [-0.2, -0.15) is 5.26 Å². The van der Waals surface area contributed by atoms with Crippen molar-refractivity contribution >= 4 is 0 Å². The predicted molar refractivity (Wildman–Crippen MR) is 58.9 cm³/mol. The van der Waals surface area contributed by atoms with Crippen LogP contribution in [0.1, 0.15) is 11.4 Å². The highest BCUT2D eigenvalue weighted by Crippen LogP contribution is 2.11. The van der Waals surface area contributed by atoms with E-state index >= 15 is 0 Å². The molecule has 0 aliphatic rings. The number of imidazole rings is 1. The first kappa shape index (κ1) is 10.2. The maximum absolute atomic E-state index is 8.63. The zero-order valence-corrected chi connectivity index (χ0v) is 8.68. The summed E-state index contributed by atoms with van der Waals surface area (Å²) in [5.41, 5.74) is 0.637. The molecule has 2 rings (SSSR count). The Labute approximate surface area is 93.5 Å². The minimum absolute atomic E-state index is 0.569. The largest absolute Gasteiger partial charge is 0.493 e. The normalized spacial score (nSPS) is 9.69. The Kier molecular flexibility index (Phi) is 3.19. The number of rotatable bonds is 4. The summed E-state index contributed by atoms with van der Waals surface area (Å²) in [4.78, 5) is 7.10. The van der Waals surface area contributed by atoms with E-state index in [-0.39, 0.29) is 0 Å². The van der Waals surface area contributed by atoms with Gasteiger partial charge in [-0.25, -0.2) is 4.98 Å². The number of aromatic nitrogens is 2. The van der Waals surface area contributed by atoms with Gasteiger partial charge in [0.25, 0.3) is 0 Å². The molecule has 0 amide bonds. The Hall–Kier alpha value is -2.28. The molecule has 0 saturated carbocycles. The number of hydrogen-bond donors (Lipinski definition) is 1. The summed E-state index contributed by atoms with van der Waals surface area (Å²) in [5, 5.41) is 8.63. The molecule has 0 spiro atoms. The third-order valence-corrected chi connectivity index (χ3v) is 2.15. The van der Waals surface area contributed by atoms with E-state index in [0.717, 1.165) is 18.0 Å². The maximum atomic E-state index is 8.63. The molecule has 1 aromatic heterocycles. The Balaban J connectivity index is 1.83. The zero-order chi connectivity index (χ0) is 11.2. The first-order valence-corrected chi connectivity index (χ1v) is 5.00. The topological polar surface area (TPSA) is 61.7 Å². The quantitative estimate of drug-likeness (QED) is 0.843. The predicted octanol–water partition coefficient (Wildman–Crippen LogP) is 1.90. The van der Waals surface area contributed by atoms with Gasteiger partial charge < -0.3 is 9.72 Å². The number of ether oxygens (including phenoxy) is 1. The molecule has 0 aliphatic heterocycles. The van der Waals surface area contributed by atoms with Crippen LogP contribution in [0, 0.1) is 11.3 Å². The van der Waals surface area contributed by atoms with Crippen molar-refractivity contribution in [2.45, 2.75) is 6.42 Å². The SMILES string of the molecule is N#Cc1ccc(OCCc2ncc[nH]2)cc1. The summed E-state index contributed by atoms with van der Waals surface area (Å²) < 4.78 is 5.51. The molecule has 0 atom stereocenters. The van der Waals surface area contributed by atoms with Crippen LogP contribution >= 0.6 is 0 Å². The van der Waals surface area contributed by atoms with Crippen molar-refractivity contribution in [1.29, 1.82) is 5.26 Å². The lowest BCUT2D eigenvalue weighted by molar-refractivity contribution is 0.319. The number of nitrogens with one attached hydrogen (secondary N) is 1. The van der Waals surface area contributed by atoms with Crippen LogP contribution in [0.4, 0.5) is 0 Å². The van der Waals surface area contributed by atoms with Gasteiger partial charge in [0.15, 0.2) is 0 Å². The lowest BCUT2D eigenvalue weighted by Crippen LogP contribution is -2.02. The summed E-state index contributed by atoms with van der Waals surface area (Å²) in [6.45, 7) is 0.569. The van der Waals surface area contributed by atoms with Crippen LogP contribution in [0.3, 0.4) is 0 Å². The van der Waals surface area contributed by atoms with E-state index in [1.807, 2.05) is 0 Å². The van der Waals surface area contributed by atoms with Crippen LogP contribution in [0.25, 0.3) is 0 Å². The van der Waals surface area contributed by atoms with Crippen LogP contribution in [0.2, 0.25) is 0 Å². The molecule has 4 nitrogen and oxygen atoms in total. The molecular formula is C12H11N3O. The number of H-pyrrole nitrogens is 1. The summed E-state index contributed by atoms with van der Waals surface area (Å²) in [6.07, 6.45) is 4.25. The van der Waals surface area contributed by atoms with E-state index in [1.54, 1.807) is 36.7 Å². The standard InChI is InChI=1S/C12H11N3O/c13-9-10-1-3-11(4-2-10)16-8-5-12-14-6-7-15-12/h1-4,6-7H,5,8H2,(H,14,15). The van der Waals surface area contributed by atoms with Crippen molar-refractivity contribution in [1.82, 2.24) is 9.97 Å². The Morgan fingerprint density at radius 1 is 1.31 bits per heavy atom. The molecule has 1 N–H and O–H groups in total. The highest BCUT2D eigenvalue weighted by Gasteiger charge is 1.97. The number of nitrogens with zero attached hydrogens (tertiary/aromatic N) is 2. The van der Waals surface area contributed by atoms with E-state index < -0.39 is 0 Å². The van der Waals surface area contributed by atoms with E-state index in [0.29, 0.717) is 12.2 Å². The van der Waals surface area contributed by atoms with Crippen LogP contribution in [0.5, 0.6) is 5.75 Å². The second-order valence-electron chi connectivity index (χ2n) is 3.27. The molecule has 0 unspecified atom stereocenters. The van der Waals surface area contributed by atoms with E-state index in [1.165, 1.54) is 0 Å². The maximum Gasteiger partial charge on any atom is 0.119 e. The molecule has 0 bridgehead atoms. The number of nitriles is 1. The molecule has 0 radical (unpaired) electrons. The highest BCUT2D eigenvalue weighted by molar-refractivity contribution is 5.34. The monoisotopic (exact) mass is 213 g/mol. The van der Waals surface area contributed by atoms with Crippen LogP contribution in [0.15, 0.2) is 36.7 Å². The molecule has 0 saturated heterocycles. The molecule has 0 aliphatic carbocycles. The fourth-order valence-corrected chi connectivity index (χ4v) is 1.33. The van der Waals surface area contributed by atoms with Crippen molar-refractivity contribution in [3.05, 3.63) is 48.0 Å². The smallest absolute Gasteiger partial charge is 0.119 e. The zero-order valence-electron chi connectivity index (χ0n) is 8.68. The van der Waals surface area contributed by atoms with Gasteiger partial charge in [-0.05, 0) is 24.3 Å². The summed E-state index contributed by atoms with van der Waals surface area (Å²) >= 11 is 0. The second-order valence-corrected chi connectivity index (χ2v) is 3.27. The lowest BCUT2D eigenvalue weighted by atomic mass is 10.2. The van der Waals surface area contributed by atoms with E-state index in [9.17, 15) is 0 Å². The van der Waals surface area contributed by atoms with Gasteiger partial charge >= 0.3 is 0 Å². The summed E-state index contributed by atoms with van der Waals surface area (Å²) in [6, 6.07) is 9.12. The van der Waals surface area contributed by atoms with Gasteiger partial charge in [0.1, 0.15) is 11.6 Å². The van der Waals surface area contributed by atoms with Crippen molar-refractivity contribution in [3.63, 3.8) is 0 Å². The van der Waals surface area contributed by atoms with Crippen LogP contribution in [-0.4, -0.2) is 16.6 Å². The molecule has 0 fully saturated rings. The fourth-order valence-electron chi connectivity index (χ4n) is 1.33. The molecule has 1 heterocycles. The Bertz CT molecular complexity index is 468. The van der Waals surface area contributed by atoms with Gasteiger partial charge in [0, 0.05) is 18.8 Å². The number of benzene rings is 1.